The van der Waals surface area contributed by atoms with Crippen molar-refractivity contribution >= 4 is 23.2 Å². The number of nitrogens with zero attached hydrogens (tertiary/aromatic N) is 2. The maximum atomic E-state index is 13.5. The molecule has 2 aromatic rings. The van der Waals surface area contributed by atoms with Gasteiger partial charge in [0.2, 0.25) is 11.8 Å². The molecule has 3 rings (SSSR count). The molecule has 0 radical (unpaired) electrons. The van der Waals surface area contributed by atoms with Gasteiger partial charge in [-0.15, -0.1) is 11.3 Å². The van der Waals surface area contributed by atoms with E-state index < -0.39 is 0 Å². The fraction of sp³-hybridized carbons (Fsp3) is 0.538. The number of ether oxygens (including phenoxy) is 1. The molecule has 1 aromatic carbocycles. The van der Waals surface area contributed by atoms with Crippen molar-refractivity contribution in [3.05, 3.63) is 51.7 Å². The summed E-state index contributed by atoms with van der Waals surface area (Å²) in [6.07, 6.45) is 2.14. The van der Waals surface area contributed by atoms with Gasteiger partial charge >= 0.3 is 0 Å². The quantitative estimate of drug-likeness (QED) is 0.519. The minimum atomic E-state index is -0.141. The molecule has 0 fully saturated rings. The fourth-order valence-electron chi connectivity index (χ4n) is 4.10. The molecule has 1 aliphatic rings. The van der Waals surface area contributed by atoms with Gasteiger partial charge < -0.3 is 14.5 Å². The number of benzene rings is 1. The maximum absolute atomic E-state index is 13.5. The largest absolute Gasteiger partial charge is 0.491 e. The Morgan fingerprint density at radius 1 is 1.19 bits per heavy atom. The maximum Gasteiger partial charge on any atom is 0.242 e. The third kappa shape index (κ3) is 5.91. The van der Waals surface area contributed by atoms with Crippen molar-refractivity contribution in [1.82, 2.24) is 9.80 Å². The zero-order chi connectivity index (χ0) is 23.3. The monoisotopic (exact) mass is 456 g/mol. The SMILES string of the molecule is CC[C@@H](C)N(CC(=O)N1CCc2sccc2[C@@H]1COc1ccc(C)cc1)C(=O)CC(C)C. The average molecular weight is 457 g/mol. The van der Waals surface area contributed by atoms with Crippen LogP contribution in [0.4, 0.5) is 0 Å². The van der Waals surface area contributed by atoms with Gasteiger partial charge in [0.25, 0.3) is 0 Å². The Hall–Kier alpha value is -2.34. The number of amides is 2. The minimum Gasteiger partial charge on any atom is -0.491 e. The molecule has 2 amide bonds. The van der Waals surface area contributed by atoms with Gasteiger partial charge in [-0.3, -0.25) is 9.59 Å². The lowest BCUT2D eigenvalue weighted by atomic mass is 10.00. The molecule has 1 aliphatic heterocycles. The highest BCUT2D eigenvalue weighted by Crippen LogP contribution is 2.34. The standard InChI is InChI=1S/C26H36N2O3S/c1-6-20(5)28(25(29)15-18(2)3)16-26(30)27-13-11-24-22(12-14-32-24)23(27)17-31-21-9-7-19(4)8-10-21/h7-10,12,14,18,20,23H,6,11,13,15-17H2,1-5H3/t20-,23+/m1/s1. The van der Waals surface area contributed by atoms with E-state index in [0.29, 0.717) is 19.6 Å². The van der Waals surface area contributed by atoms with Gasteiger partial charge in [-0.1, -0.05) is 38.5 Å². The van der Waals surface area contributed by atoms with Crippen LogP contribution in [0.25, 0.3) is 0 Å². The molecular formula is C26H36N2O3S. The van der Waals surface area contributed by atoms with E-state index in [4.69, 9.17) is 4.74 Å². The lowest BCUT2D eigenvalue weighted by Gasteiger charge is -2.38. The second-order valence-corrected chi connectivity index (χ2v) is 10.2. The molecular weight excluding hydrogens is 420 g/mol. The number of carbonyl (C=O) groups excluding carboxylic acids is 2. The third-order valence-corrected chi connectivity index (χ3v) is 7.17. The van der Waals surface area contributed by atoms with Crippen LogP contribution in [-0.4, -0.2) is 47.4 Å². The summed E-state index contributed by atoms with van der Waals surface area (Å²) in [5.41, 5.74) is 2.36. The van der Waals surface area contributed by atoms with Gasteiger partial charge in [-0.05, 0) is 61.7 Å². The molecule has 2 heterocycles. The lowest BCUT2D eigenvalue weighted by molar-refractivity contribution is -0.144. The van der Waals surface area contributed by atoms with Crippen LogP contribution in [0.15, 0.2) is 35.7 Å². The highest BCUT2D eigenvalue weighted by Gasteiger charge is 2.34. The summed E-state index contributed by atoms with van der Waals surface area (Å²) in [5.74, 6) is 1.13. The Labute approximate surface area is 196 Å². The molecule has 1 aromatic heterocycles. The molecule has 0 unspecified atom stereocenters. The first-order valence-electron chi connectivity index (χ1n) is 11.6. The zero-order valence-electron chi connectivity index (χ0n) is 20.0. The number of hydrogen-bond acceptors (Lipinski definition) is 4. The topological polar surface area (TPSA) is 49.9 Å². The number of thiophene rings is 1. The first kappa shape index (κ1) is 24.3. The van der Waals surface area contributed by atoms with E-state index in [2.05, 4.69) is 18.4 Å². The summed E-state index contributed by atoms with van der Waals surface area (Å²) in [5, 5.41) is 2.09. The van der Waals surface area contributed by atoms with E-state index in [1.807, 2.05) is 56.9 Å². The van der Waals surface area contributed by atoms with Crippen LogP contribution < -0.4 is 4.74 Å². The Balaban J connectivity index is 1.77. The Morgan fingerprint density at radius 3 is 2.56 bits per heavy atom. The summed E-state index contributed by atoms with van der Waals surface area (Å²) in [7, 11) is 0. The number of carbonyl (C=O) groups is 2. The van der Waals surface area contributed by atoms with Crippen LogP contribution in [0, 0.1) is 12.8 Å². The van der Waals surface area contributed by atoms with Crippen molar-refractivity contribution in [1.29, 1.82) is 0 Å². The van der Waals surface area contributed by atoms with Gasteiger partial charge in [-0.2, -0.15) is 0 Å². The van der Waals surface area contributed by atoms with Crippen molar-refractivity contribution in [2.45, 2.75) is 66.0 Å². The summed E-state index contributed by atoms with van der Waals surface area (Å²) in [4.78, 5) is 31.4. The predicted molar refractivity (Wildman–Crippen MR) is 130 cm³/mol. The normalized spacial score (nSPS) is 16.6. The van der Waals surface area contributed by atoms with Crippen molar-refractivity contribution in [2.24, 2.45) is 5.92 Å². The van der Waals surface area contributed by atoms with Gasteiger partial charge in [0.15, 0.2) is 0 Å². The Kier molecular flexibility index (Phi) is 8.35. The number of aryl methyl sites for hydroxylation is 1. The van der Waals surface area contributed by atoms with Gasteiger partial charge in [0, 0.05) is 23.9 Å². The van der Waals surface area contributed by atoms with Crippen molar-refractivity contribution in [2.75, 3.05) is 19.7 Å². The van der Waals surface area contributed by atoms with Gasteiger partial charge in [-0.25, -0.2) is 0 Å². The predicted octanol–water partition coefficient (Wildman–Crippen LogP) is 5.23. The summed E-state index contributed by atoms with van der Waals surface area (Å²) in [6.45, 7) is 11.4. The smallest absolute Gasteiger partial charge is 0.242 e. The van der Waals surface area contributed by atoms with Crippen LogP contribution in [0.2, 0.25) is 0 Å². The molecule has 0 saturated heterocycles. The second-order valence-electron chi connectivity index (χ2n) is 9.15. The highest BCUT2D eigenvalue weighted by molar-refractivity contribution is 7.10. The summed E-state index contributed by atoms with van der Waals surface area (Å²) in [6, 6.07) is 9.99. The highest BCUT2D eigenvalue weighted by atomic mass is 32.1. The van der Waals surface area contributed by atoms with Crippen LogP contribution in [0.5, 0.6) is 5.75 Å². The van der Waals surface area contributed by atoms with Crippen LogP contribution in [-0.2, 0) is 16.0 Å². The van der Waals surface area contributed by atoms with Crippen LogP contribution in [0.3, 0.4) is 0 Å². The molecule has 32 heavy (non-hydrogen) atoms. The van der Waals surface area contributed by atoms with Gasteiger partial charge in [0.05, 0.1) is 6.04 Å². The molecule has 0 spiro atoms. The zero-order valence-corrected chi connectivity index (χ0v) is 20.8. The average Bonchev–Trinajstić information content (AvgIpc) is 3.24. The van der Waals surface area contributed by atoms with Crippen LogP contribution in [0.1, 0.15) is 62.6 Å². The molecule has 174 valence electrons. The van der Waals surface area contributed by atoms with Gasteiger partial charge in [0.1, 0.15) is 18.9 Å². The fourth-order valence-corrected chi connectivity index (χ4v) is 5.03. The van der Waals surface area contributed by atoms with Crippen molar-refractivity contribution < 1.29 is 14.3 Å². The first-order chi connectivity index (χ1) is 15.3. The van der Waals surface area contributed by atoms with E-state index >= 15 is 0 Å². The van der Waals surface area contributed by atoms with E-state index in [9.17, 15) is 9.59 Å². The van der Waals surface area contributed by atoms with E-state index in [1.165, 1.54) is 16.0 Å². The second kappa shape index (κ2) is 11.0. The van der Waals surface area contributed by atoms with E-state index in [0.717, 1.165) is 18.6 Å². The molecule has 6 heteroatoms. The number of rotatable bonds is 9. The molecule has 5 nitrogen and oxygen atoms in total. The third-order valence-electron chi connectivity index (χ3n) is 6.18. The molecule has 0 saturated carbocycles. The molecule has 0 aliphatic carbocycles. The lowest BCUT2D eigenvalue weighted by Crippen LogP contribution is -2.50. The van der Waals surface area contributed by atoms with Crippen LogP contribution >= 0.6 is 11.3 Å². The van der Waals surface area contributed by atoms with E-state index in [-0.39, 0.29) is 36.4 Å². The number of fused-ring (bicyclic) bond motifs is 1. The number of hydrogen-bond donors (Lipinski definition) is 0. The summed E-state index contributed by atoms with van der Waals surface area (Å²) < 4.78 is 6.11. The molecule has 0 bridgehead atoms. The Morgan fingerprint density at radius 2 is 1.91 bits per heavy atom. The molecule has 2 atom stereocenters. The van der Waals surface area contributed by atoms with Crippen molar-refractivity contribution in [3.8, 4) is 5.75 Å². The summed E-state index contributed by atoms with van der Waals surface area (Å²) >= 11 is 1.74. The van der Waals surface area contributed by atoms with Crippen molar-refractivity contribution in [3.63, 3.8) is 0 Å². The minimum absolute atomic E-state index is 0.00300. The Bertz CT molecular complexity index is 906. The first-order valence-corrected chi connectivity index (χ1v) is 12.5. The van der Waals surface area contributed by atoms with E-state index in [1.54, 1.807) is 16.2 Å². The molecule has 0 N–H and O–H groups in total.